The second-order valence-electron chi connectivity index (χ2n) is 4.36. The van der Waals surface area contributed by atoms with Crippen LogP contribution in [0, 0.1) is 6.92 Å². The molecule has 0 amide bonds. The molecule has 3 nitrogen and oxygen atoms in total. The molecular weight excluding hydrogens is 230 g/mol. The largest absolute Gasteiger partial charge is 0.329 e. The molecule has 0 radical (unpaired) electrons. The van der Waals surface area contributed by atoms with E-state index in [1.54, 1.807) is 0 Å². The van der Waals surface area contributed by atoms with Gasteiger partial charge in [0, 0.05) is 24.8 Å². The van der Waals surface area contributed by atoms with Crippen molar-refractivity contribution in [2.24, 2.45) is 5.73 Å². The van der Waals surface area contributed by atoms with Crippen LogP contribution in [0.3, 0.4) is 0 Å². The summed E-state index contributed by atoms with van der Waals surface area (Å²) in [5.41, 5.74) is 8.02. The molecule has 1 aromatic rings. The van der Waals surface area contributed by atoms with Crippen molar-refractivity contribution in [3.8, 4) is 0 Å². The topological polar surface area (TPSA) is 42.1 Å². The van der Waals surface area contributed by atoms with E-state index >= 15 is 0 Å². The number of rotatable bonds is 7. The number of aryl methyl sites for hydroxylation is 1. The first kappa shape index (κ1) is 14.5. The lowest BCUT2D eigenvalue weighted by atomic mass is 10.2. The SMILES string of the molecule is CSCCC(CN)N(C)Cc1cccc(C)n1. The van der Waals surface area contributed by atoms with Crippen molar-refractivity contribution >= 4 is 11.8 Å². The number of likely N-dealkylation sites (N-methyl/N-ethyl adjacent to an activating group) is 1. The van der Waals surface area contributed by atoms with Crippen molar-refractivity contribution < 1.29 is 0 Å². The molecule has 1 rings (SSSR count). The Labute approximate surface area is 109 Å². The van der Waals surface area contributed by atoms with Gasteiger partial charge in [0.15, 0.2) is 0 Å². The Morgan fingerprint density at radius 1 is 1.47 bits per heavy atom. The van der Waals surface area contributed by atoms with E-state index < -0.39 is 0 Å². The van der Waals surface area contributed by atoms with Gasteiger partial charge in [0.25, 0.3) is 0 Å². The van der Waals surface area contributed by atoms with Gasteiger partial charge in [-0.1, -0.05) is 6.07 Å². The average molecular weight is 253 g/mol. The molecule has 0 saturated carbocycles. The highest BCUT2D eigenvalue weighted by molar-refractivity contribution is 7.98. The van der Waals surface area contributed by atoms with Crippen molar-refractivity contribution in [2.75, 3.05) is 25.6 Å². The third kappa shape index (κ3) is 5.06. The van der Waals surface area contributed by atoms with Crippen LogP contribution < -0.4 is 5.73 Å². The quantitative estimate of drug-likeness (QED) is 0.806. The molecule has 1 heterocycles. The summed E-state index contributed by atoms with van der Waals surface area (Å²) in [7, 11) is 2.13. The first-order valence-corrected chi connectivity index (χ1v) is 7.38. The fourth-order valence-electron chi connectivity index (χ4n) is 1.84. The fourth-order valence-corrected chi connectivity index (χ4v) is 2.35. The minimum absolute atomic E-state index is 0.449. The van der Waals surface area contributed by atoms with Crippen LogP contribution in [0.4, 0.5) is 0 Å². The maximum absolute atomic E-state index is 5.83. The van der Waals surface area contributed by atoms with E-state index in [1.807, 2.05) is 24.8 Å². The van der Waals surface area contributed by atoms with Gasteiger partial charge < -0.3 is 5.73 Å². The standard InChI is InChI=1S/C13H23N3S/c1-11-5-4-6-12(15-11)10-16(2)13(9-14)7-8-17-3/h4-6,13H,7-10,14H2,1-3H3. The molecule has 0 saturated heterocycles. The Hall–Kier alpha value is -0.580. The van der Waals surface area contributed by atoms with E-state index in [-0.39, 0.29) is 0 Å². The summed E-state index contributed by atoms with van der Waals surface area (Å²) in [6, 6.07) is 6.61. The minimum Gasteiger partial charge on any atom is -0.329 e. The smallest absolute Gasteiger partial charge is 0.0547 e. The van der Waals surface area contributed by atoms with E-state index in [2.05, 4.69) is 35.3 Å². The number of hydrogen-bond donors (Lipinski definition) is 1. The number of pyridine rings is 1. The first-order valence-electron chi connectivity index (χ1n) is 5.99. The third-order valence-corrected chi connectivity index (χ3v) is 3.55. The van der Waals surface area contributed by atoms with Gasteiger partial charge in [0.05, 0.1) is 5.69 Å². The van der Waals surface area contributed by atoms with Crippen molar-refractivity contribution in [1.29, 1.82) is 0 Å². The summed E-state index contributed by atoms with van der Waals surface area (Å²) < 4.78 is 0. The summed E-state index contributed by atoms with van der Waals surface area (Å²) in [4.78, 5) is 6.83. The molecule has 4 heteroatoms. The van der Waals surface area contributed by atoms with E-state index in [0.29, 0.717) is 12.6 Å². The third-order valence-electron chi connectivity index (χ3n) is 2.91. The van der Waals surface area contributed by atoms with Gasteiger partial charge >= 0.3 is 0 Å². The monoisotopic (exact) mass is 253 g/mol. The number of nitrogens with zero attached hydrogens (tertiary/aromatic N) is 2. The van der Waals surface area contributed by atoms with Crippen LogP contribution in [-0.2, 0) is 6.54 Å². The molecule has 2 N–H and O–H groups in total. The van der Waals surface area contributed by atoms with Gasteiger partial charge in [-0.25, -0.2) is 0 Å². The maximum atomic E-state index is 5.83. The Morgan fingerprint density at radius 3 is 2.82 bits per heavy atom. The number of thioether (sulfide) groups is 1. The molecule has 96 valence electrons. The van der Waals surface area contributed by atoms with Gasteiger partial charge in [-0.15, -0.1) is 0 Å². The van der Waals surface area contributed by atoms with Crippen LogP contribution in [-0.4, -0.2) is 41.5 Å². The van der Waals surface area contributed by atoms with Gasteiger partial charge in [-0.05, 0) is 44.5 Å². The van der Waals surface area contributed by atoms with Gasteiger partial charge in [-0.3, -0.25) is 9.88 Å². The molecule has 0 fully saturated rings. The molecule has 1 aromatic heterocycles. The van der Waals surface area contributed by atoms with Crippen LogP contribution in [0.25, 0.3) is 0 Å². The van der Waals surface area contributed by atoms with Crippen molar-refractivity contribution in [3.05, 3.63) is 29.6 Å². The zero-order valence-corrected chi connectivity index (χ0v) is 11.8. The lowest BCUT2D eigenvalue weighted by molar-refractivity contribution is 0.231. The van der Waals surface area contributed by atoms with Crippen LogP contribution in [0.15, 0.2) is 18.2 Å². The normalized spacial score (nSPS) is 13.0. The predicted octanol–water partition coefficient (Wildman–Crippen LogP) is 1.90. The number of nitrogens with two attached hydrogens (primary N) is 1. The Morgan fingerprint density at radius 2 is 2.24 bits per heavy atom. The Kier molecular flexibility index (Phi) is 6.55. The van der Waals surface area contributed by atoms with Gasteiger partial charge in [0.2, 0.25) is 0 Å². The minimum atomic E-state index is 0.449. The zero-order valence-electron chi connectivity index (χ0n) is 11.0. The molecule has 0 aromatic carbocycles. The molecular formula is C13H23N3S. The molecule has 1 unspecified atom stereocenters. The second-order valence-corrected chi connectivity index (χ2v) is 5.34. The molecule has 0 aliphatic rings. The highest BCUT2D eigenvalue weighted by Crippen LogP contribution is 2.09. The van der Waals surface area contributed by atoms with Gasteiger partial charge in [-0.2, -0.15) is 11.8 Å². The summed E-state index contributed by atoms with van der Waals surface area (Å²) in [6.45, 7) is 3.61. The van der Waals surface area contributed by atoms with Crippen LogP contribution in [0.1, 0.15) is 17.8 Å². The van der Waals surface area contributed by atoms with E-state index in [9.17, 15) is 0 Å². The van der Waals surface area contributed by atoms with E-state index in [0.717, 1.165) is 30.1 Å². The maximum Gasteiger partial charge on any atom is 0.0547 e. The number of hydrogen-bond acceptors (Lipinski definition) is 4. The Bertz CT molecular complexity index is 330. The highest BCUT2D eigenvalue weighted by atomic mass is 32.2. The molecule has 0 aliphatic carbocycles. The van der Waals surface area contributed by atoms with Crippen LogP contribution in [0.2, 0.25) is 0 Å². The zero-order chi connectivity index (χ0) is 12.7. The molecule has 0 bridgehead atoms. The predicted molar refractivity (Wildman–Crippen MR) is 76.3 cm³/mol. The van der Waals surface area contributed by atoms with Crippen molar-refractivity contribution in [3.63, 3.8) is 0 Å². The Balaban J connectivity index is 2.54. The fraction of sp³-hybridized carbons (Fsp3) is 0.615. The molecule has 17 heavy (non-hydrogen) atoms. The molecule has 0 aliphatic heterocycles. The lowest BCUT2D eigenvalue weighted by Gasteiger charge is -2.26. The van der Waals surface area contributed by atoms with E-state index in [4.69, 9.17) is 5.73 Å². The summed E-state index contributed by atoms with van der Waals surface area (Å²) >= 11 is 1.87. The first-order chi connectivity index (χ1) is 8.17. The number of aromatic nitrogens is 1. The highest BCUT2D eigenvalue weighted by Gasteiger charge is 2.13. The van der Waals surface area contributed by atoms with Crippen molar-refractivity contribution in [2.45, 2.75) is 25.9 Å². The van der Waals surface area contributed by atoms with Crippen LogP contribution in [0.5, 0.6) is 0 Å². The van der Waals surface area contributed by atoms with Gasteiger partial charge in [0.1, 0.15) is 0 Å². The summed E-state index contributed by atoms with van der Waals surface area (Å²) in [5, 5.41) is 0. The summed E-state index contributed by atoms with van der Waals surface area (Å²) in [5.74, 6) is 1.16. The van der Waals surface area contributed by atoms with Crippen LogP contribution >= 0.6 is 11.8 Å². The second kappa shape index (κ2) is 7.69. The molecule has 0 spiro atoms. The average Bonchev–Trinajstić information content (AvgIpc) is 2.30. The molecule has 1 atom stereocenters. The summed E-state index contributed by atoms with van der Waals surface area (Å²) in [6.07, 6.45) is 3.27. The van der Waals surface area contributed by atoms with E-state index in [1.165, 1.54) is 0 Å². The van der Waals surface area contributed by atoms with Crippen molar-refractivity contribution in [1.82, 2.24) is 9.88 Å². The lowest BCUT2D eigenvalue weighted by Crippen LogP contribution is -2.38.